The van der Waals surface area contributed by atoms with Crippen LogP contribution in [0.3, 0.4) is 0 Å². The van der Waals surface area contributed by atoms with E-state index in [-0.39, 0.29) is 10.5 Å². The fraction of sp³-hybridized carbons (Fsp3) is 0. The van der Waals surface area contributed by atoms with Gasteiger partial charge in [0, 0.05) is 21.9 Å². The average molecular weight is 263 g/mol. The molecule has 92 valence electrons. The second-order valence-electron chi connectivity index (χ2n) is 4.30. The normalized spacial score (nSPS) is 12.1. The Morgan fingerprint density at radius 2 is 1.63 bits per heavy atom. The molecule has 3 rings (SSSR count). The van der Waals surface area contributed by atoms with Gasteiger partial charge in [0.05, 0.1) is 0 Å². The van der Waals surface area contributed by atoms with Crippen molar-refractivity contribution in [3.63, 3.8) is 0 Å². The number of thiophene rings is 1. The van der Waals surface area contributed by atoms with Crippen LogP contribution in [0.4, 0.5) is 0 Å². The molecule has 0 N–H and O–H groups in total. The van der Waals surface area contributed by atoms with Gasteiger partial charge in [-0.25, -0.2) is 0 Å². The van der Waals surface area contributed by atoms with Gasteiger partial charge in [-0.3, -0.25) is 0 Å². The Hall–Kier alpha value is -2.12. The summed E-state index contributed by atoms with van der Waals surface area (Å²) in [5, 5.41) is 1.33. The first kappa shape index (κ1) is 11.9. The maximum Gasteiger partial charge on any atom is 0.187 e. The molecule has 0 aliphatic carbocycles. The van der Waals surface area contributed by atoms with Crippen molar-refractivity contribution in [2.45, 2.75) is 0 Å². The summed E-state index contributed by atoms with van der Waals surface area (Å²) in [5.41, 5.74) is 0. The van der Waals surface area contributed by atoms with E-state index in [0.717, 1.165) is 0 Å². The lowest BCUT2D eigenvalue weighted by molar-refractivity contribution is 1.76. The van der Waals surface area contributed by atoms with E-state index in [1.54, 1.807) is 0 Å². The summed E-state index contributed by atoms with van der Waals surface area (Å²) in [5.74, 6) is 0. The zero-order valence-corrected chi connectivity index (χ0v) is 11.4. The Morgan fingerprint density at radius 3 is 2.42 bits per heavy atom. The van der Waals surface area contributed by atoms with Crippen LogP contribution >= 0.6 is 10.5 Å². The van der Waals surface area contributed by atoms with Gasteiger partial charge in [-0.05, 0) is 30.3 Å². The molecule has 1 heterocycles. The molecular formula is C18H15S+. The number of hydrogen-bond acceptors (Lipinski definition) is 0. The van der Waals surface area contributed by atoms with Crippen LogP contribution in [0.2, 0.25) is 0 Å². The van der Waals surface area contributed by atoms with Crippen LogP contribution in [0.25, 0.3) is 21.1 Å². The third kappa shape index (κ3) is 2.25. The van der Waals surface area contributed by atoms with E-state index in [0.29, 0.717) is 0 Å². The van der Waals surface area contributed by atoms with Crippen LogP contribution in [-0.4, -0.2) is 0 Å². The molecule has 1 aromatic heterocycles. The van der Waals surface area contributed by atoms with E-state index in [4.69, 9.17) is 0 Å². The molecule has 0 aliphatic heterocycles. The zero-order chi connectivity index (χ0) is 13.1. The second-order valence-corrected chi connectivity index (χ2v) is 6.29. The molecule has 3 aromatic rings. The van der Waals surface area contributed by atoms with Crippen LogP contribution in [-0.2, 0) is 0 Å². The van der Waals surface area contributed by atoms with Crippen molar-refractivity contribution < 1.29 is 0 Å². The quantitative estimate of drug-likeness (QED) is 0.415. The SMILES string of the molecule is C=C/C=C\c1cc2ccccc2[s+]1-c1ccccc1. The first-order chi connectivity index (χ1) is 9.40. The summed E-state index contributed by atoms with van der Waals surface area (Å²) in [6.45, 7) is 3.76. The summed E-state index contributed by atoms with van der Waals surface area (Å²) in [7, 11) is 0.0216. The van der Waals surface area contributed by atoms with Crippen molar-refractivity contribution in [2.24, 2.45) is 0 Å². The van der Waals surface area contributed by atoms with Crippen LogP contribution in [0, 0.1) is 0 Å². The monoisotopic (exact) mass is 263 g/mol. The third-order valence-corrected chi connectivity index (χ3v) is 5.33. The van der Waals surface area contributed by atoms with Gasteiger partial charge in [-0.1, -0.05) is 49.1 Å². The molecule has 0 spiro atoms. The lowest BCUT2D eigenvalue weighted by atomic mass is 10.2. The molecule has 0 nitrogen and oxygen atoms in total. The molecule has 2 aromatic carbocycles. The second kappa shape index (κ2) is 5.25. The van der Waals surface area contributed by atoms with Crippen molar-refractivity contribution in [1.29, 1.82) is 0 Å². The van der Waals surface area contributed by atoms with E-state index < -0.39 is 0 Å². The average Bonchev–Trinajstić information content (AvgIpc) is 2.84. The first-order valence-corrected chi connectivity index (χ1v) is 7.52. The maximum atomic E-state index is 3.76. The summed E-state index contributed by atoms with van der Waals surface area (Å²) >= 11 is 0. The van der Waals surface area contributed by atoms with Crippen LogP contribution in [0.15, 0.2) is 79.4 Å². The molecular weight excluding hydrogens is 248 g/mol. The minimum atomic E-state index is 0.0216. The highest BCUT2D eigenvalue weighted by Crippen LogP contribution is 2.44. The maximum absolute atomic E-state index is 3.76. The fourth-order valence-electron chi connectivity index (χ4n) is 2.22. The van der Waals surface area contributed by atoms with Crippen molar-refractivity contribution in [3.05, 3.63) is 84.3 Å². The van der Waals surface area contributed by atoms with Gasteiger partial charge >= 0.3 is 0 Å². The highest BCUT2D eigenvalue weighted by Gasteiger charge is 2.20. The Balaban J connectivity index is 2.30. The first-order valence-electron chi connectivity index (χ1n) is 6.29. The van der Waals surface area contributed by atoms with Crippen molar-refractivity contribution in [3.8, 4) is 4.90 Å². The molecule has 1 heteroatoms. The number of allylic oxidation sites excluding steroid dienone is 2. The van der Waals surface area contributed by atoms with Gasteiger partial charge in [-0.2, -0.15) is 0 Å². The van der Waals surface area contributed by atoms with E-state index in [1.807, 2.05) is 12.2 Å². The number of hydrogen-bond donors (Lipinski definition) is 0. The van der Waals surface area contributed by atoms with E-state index in [1.165, 1.54) is 19.9 Å². The topological polar surface area (TPSA) is 0 Å². The summed E-state index contributed by atoms with van der Waals surface area (Å²) in [6.07, 6.45) is 6.01. The molecule has 0 radical (unpaired) electrons. The molecule has 1 unspecified atom stereocenters. The molecule has 0 fully saturated rings. The summed E-state index contributed by atoms with van der Waals surface area (Å²) in [6, 6.07) is 21.6. The molecule has 0 amide bonds. The molecule has 0 saturated carbocycles. The van der Waals surface area contributed by atoms with E-state index in [9.17, 15) is 0 Å². The minimum Gasteiger partial charge on any atom is -0.0991 e. The number of rotatable bonds is 3. The molecule has 0 saturated heterocycles. The number of fused-ring (bicyclic) bond motifs is 1. The predicted molar refractivity (Wildman–Crippen MR) is 87.0 cm³/mol. The predicted octanol–water partition coefficient (Wildman–Crippen LogP) is 5.78. The van der Waals surface area contributed by atoms with Crippen LogP contribution in [0.5, 0.6) is 0 Å². The van der Waals surface area contributed by atoms with Gasteiger partial charge in [0.15, 0.2) is 14.5 Å². The lowest BCUT2D eigenvalue weighted by Crippen LogP contribution is -1.70. The largest absolute Gasteiger partial charge is 0.187 e. The Morgan fingerprint density at radius 1 is 0.895 bits per heavy atom. The Labute approximate surface area is 116 Å². The van der Waals surface area contributed by atoms with Gasteiger partial charge < -0.3 is 0 Å². The highest BCUT2D eigenvalue weighted by atomic mass is 32.2. The van der Waals surface area contributed by atoms with Crippen molar-refractivity contribution >= 4 is 26.6 Å². The minimum absolute atomic E-state index is 0.0216. The smallest absolute Gasteiger partial charge is 0.0991 e. The third-order valence-electron chi connectivity index (χ3n) is 3.05. The Kier molecular flexibility index (Phi) is 3.30. The standard InChI is InChI=1S/C18H15S/c1-2-3-10-17-14-15-9-7-8-13-18(15)19(17)16-11-5-4-6-12-16/h2-14H,1H2/q+1/b10-3-. The number of benzene rings is 2. The molecule has 1 atom stereocenters. The van der Waals surface area contributed by atoms with Crippen LogP contribution in [0.1, 0.15) is 4.88 Å². The van der Waals surface area contributed by atoms with Gasteiger partial charge in [-0.15, -0.1) is 0 Å². The van der Waals surface area contributed by atoms with E-state index >= 15 is 0 Å². The Bertz CT molecular complexity index is 733. The van der Waals surface area contributed by atoms with Gasteiger partial charge in [0.25, 0.3) is 0 Å². The highest BCUT2D eigenvalue weighted by molar-refractivity contribution is 7.45. The molecule has 0 aliphatic rings. The lowest BCUT2D eigenvalue weighted by Gasteiger charge is -1.93. The summed E-state index contributed by atoms with van der Waals surface area (Å²) in [4.78, 5) is 2.72. The molecule has 19 heavy (non-hydrogen) atoms. The molecule has 0 bridgehead atoms. The van der Waals surface area contributed by atoms with Crippen LogP contribution < -0.4 is 0 Å². The van der Waals surface area contributed by atoms with Crippen molar-refractivity contribution in [2.75, 3.05) is 0 Å². The van der Waals surface area contributed by atoms with Gasteiger partial charge in [0.1, 0.15) is 0 Å². The van der Waals surface area contributed by atoms with Crippen molar-refractivity contribution in [1.82, 2.24) is 0 Å². The zero-order valence-electron chi connectivity index (χ0n) is 10.6. The fourth-order valence-corrected chi connectivity index (χ4v) is 4.47. The van der Waals surface area contributed by atoms with Gasteiger partial charge in [0.2, 0.25) is 0 Å². The van der Waals surface area contributed by atoms with E-state index in [2.05, 4.69) is 73.3 Å². The summed E-state index contributed by atoms with van der Waals surface area (Å²) < 4.78 is 1.41.